The number of piperidine rings is 1. The van der Waals surface area contributed by atoms with Crippen molar-refractivity contribution in [1.29, 1.82) is 0 Å². The van der Waals surface area contributed by atoms with Crippen molar-refractivity contribution < 1.29 is 9.90 Å². The van der Waals surface area contributed by atoms with Gasteiger partial charge in [0.1, 0.15) is 11.3 Å². The second-order valence-electron chi connectivity index (χ2n) is 10.5. The highest BCUT2D eigenvalue weighted by molar-refractivity contribution is 6.35. The molecular formula is C27H34Cl2N6O2. The van der Waals surface area contributed by atoms with Crippen molar-refractivity contribution in [1.82, 2.24) is 24.6 Å². The molecule has 2 saturated heterocycles. The van der Waals surface area contributed by atoms with E-state index in [2.05, 4.69) is 23.6 Å². The molecule has 0 radical (unpaired) electrons. The number of likely N-dealkylation sites (tertiary alicyclic amines) is 1. The zero-order valence-electron chi connectivity index (χ0n) is 21.6. The van der Waals surface area contributed by atoms with Crippen LogP contribution in [0.15, 0.2) is 24.4 Å². The van der Waals surface area contributed by atoms with Gasteiger partial charge in [0.2, 0.25) is 0 Å². The zero-order chi connectivity index (χ0) is 26.3. The summed E-state index contributed by atoms with van der Waals surface area (Å²) in [6.45, 7) is 9.15. The number of aromatic nitrogens is 4. The van der Waals surface area contributed by atoms with E-state index in [-0.39, 0.29) is 12.5 Å². The number of fused-ring (bicyclic) bond motifs is 1. The van der Waals surface area contributed by atoms with Crippen molar-refractivity contribution in [2.75, 3.05) is 24.5 Å². The van der Waals surface area contributed by atoms with Crippen LogP contribution in [-0.4, -0.2) is 67.4 Å². The fourth-order valence-electron chi connectivity index (χ4n) is 6.16. The lowest BCUT2D eigenvalue weighted by Gasteiger charge is -2.43. The highest BCUT2D eigenvalue weighted by atomic mass is 35.5. The number of halogens is 2. The van der Waals surface area contributed by atoms with Crippen LogP contribution in [-0.2, 0) is 4.79 Å². The quantitative estimate of drug-likeness (QED) is 0.414. The molecule has 8 nitrogen and oxygen atoms in total. The van der Waals surface area contributed by atoms with Gasteiger partial charge in [-0.25, -0.2) is 14.6 Å². The fraction of sp³-hybridized carbons (Fsp3) is 0.556. The van der Waals surface area contributed by atoms with Crippen LogP contribution in [0.3, 0.4) is 0 Å². The smallest absolute Gasteiger partial charge is 0.303 e. The summed E-state index contributed by atoms with van der Waals surface area (Å²) in [6.07, 6.45) is 6.12. The Hall–Kier alpha value is -2.42. The van der Waals surface area contributed by atoms with Gasteiger partial charge in [0.15, 0.2) is 5.65 Å². The maximum absolute atomic E-state index is 11.1. The summed E-state index contributed by atoms with van der Waals surface area (Å²) in [5.41, 5.74) is 3.30. The van der Waals surface area contributed by atoms with E-state index >= 15 is 0 Å². The minimum atomic E-state index is -0.703. The Morgan fingerprint density at radius 1 is 1.24 bits per heavy atom. The largest absolute Gasteiger partial charge is 0.481 e. The molecule has 4 heterocycles. The van der Waals surface area contributed by atoms with Crippen LogP contribution in [0.1, 0.15) is 63.3 Å². The van der Waals surface area contributed by atoms with Crippen LogP contribution in [0.5, 0.6) is 0 Å². The number of hydrogen-bond donors (Lipinski definition) is 1. The van der Waals surface area contributed by atoms with Crippen LogP contribution in [0, 0.1) is 12.8 Å². The first-order valence-electron chi connectivity index (χ1n) is 13.1. The molecule has 5 rings (SSSR count). The molecule has 198 valence electrons. The number of rotatable bonds is 7. The number of benzene rings is 1. The molecule has 0 amide bonds. The molecule has 2 fully saturated rings. The molecule has 0 bridgehead atoms. The Balaban J connectivity index is 1.36. The average Bonchev–Trinajstić information content (AvgIpc) is 3.46. The number of anilines is 1. The molecule has 4 atom stereocenters. The third kappa shape index (κ3) is 5.29. The number of carbonyl (C=O) groups is 1. The first-order chi connectivity index (χ1) is 17.7. The summed E-state index contributed by atoms with van der Waals surface area (Å²) in [5, 5.41) is 15.1. The Kier molecular flexibility index (Phi) is 7.61. The standard InChI is InChI=1S/C27H34Cl2N6O2/c1-16-15-33(12-10-23(16)34-11-4-5-20(34)7-9-25(36)37)24-14-30-26-17(2)32-35(27(26)31-24)18(3)21-8-6-19(28)13-22(21)29/h6,8,13-14,16,18,20,23H,4-5,7,9-12,15H2,1-3H3,(H,36,37)/t16-,18-,20?,23+/m1/s1. The van der Waals surface area contributed by atoms with Gasteiger partial charge in [-0.05, 0) is 69.7 Å². The molecule has 1 aromatic carbocycles. The van der Waals surface area contributed by atoms with Crippen molar-refractivity contribution in [2.24, 2.45) is 5.92 Å². The van der Waals surface area contributed by atoms with E-state index in [0.29, 0.717) is 28.0 Å². The number of carboxylic acids is 1. The lowest BCUT2D eigenvalue weighted by Crippen LogP contribution is -2.52. The summed E-state index contributed by atoms with van der Waals surface area (Å²) >= 11 is 12.6. The summed E-state index contributed by atoms with van der Waals surface area (Å²) in [7, 11) is 0. The fourth-order valence-corrected chi connectivity index (χ4v) is 6.73. The summed E-state index contributed by atoms with van der Waals surface area (Å²) in [5.74, 6) is 0.595. The van der Waals surface area contributed by atoms with Gasteiger partial charge in [-0.1, -0.05) is 36.2 Å². The third-order valence-corrected chi connectivity index (χ3v) is 8.62. The number of aliphatic carboxylic acids is 1. The Labute approximate surface area is 227 Å². The lowest BCUT2D eigenvalue weighted by atomic mass is 9.91. The Morgan fingerprint density at radius 3 is 2.78 bits per heavy atom. The predicted octanol–water partition coefficient (Wildman–Crippen LogP) is 5.59. The van der Waals surface area contributed by atoms with E-state index in [0.717, 1.165) is 73.6 Å². The minimum absolute atomic E-state index is 0.131. The van der Waals surface area contributed by atoms with Crippen molar-refractivity contribution >= 4 is 46.2 Å². The monoisotopic (exact) mass is 544 g/mol. The van der Waals surface area contributed by atoms with E-state index in [1.807, 2.05) is 29.9 Å². The van der Waals surface area contributed by atoms with Crippen LogP contribution >= 0.6 is 23.2 Å². The second-order valence-corrected chi connectivity index (χ2v) is 11.4. The van der Waals surface area contributed by atoms with E-state index in [4.69, 9.17) is 43.4 Å². The molecule has 3 aromatic rings. The molecule has 0 aliphatic carbocycles. The van der Waals surface area contributed by atoms with E-state index in [1.165, 1.54) is 0 Å². The Bertz CT molecular complexity index is 1300. The summed E-state index contributed by atoms with van der Waals surface area (Å²) in [4.78, 5) is 25.8. The predicted molar refractivity (Wildman–Crippen MR) is 147 cm³/mol. The van der Waals surface area contributed by atoms with E-state index in [1.54, 1.807) is 6.07 Å². The Morgan fingerprint density at radius 2 is 2.05 bits per heavy atom. The molecule has 1 N–H and O–H groups in total. The van der Waals surface area contributed by atoms with Crippen molar-refractivity contribution in [3.63, 3.8) is 0 Å². The SMILES string of the molecule is Cc1nn([C@H](C)c2ccc(Cl)cc2Cl)c2nc(N3CC[C@H](N4CCCC4CCC(=O)O)[C@H](C)C3)cnc12. The van der Waals surface area contributed by atoms with Crippen LogP contribution in [0.4, 0.5) is 5.82 Å². The highest BCUT2D eigenvalue weighted by Crippen LogP contribution is 2.34. The normalized spacial score (nSPS) is 23.6. The molecule has 2 aliphatic heterocycles. The molecule has 10 heteroatoms. The van der Waals surface area contributed by atoms with Gasteiger partial charge in [-0.2, -0.15) is 5.10 Å². The summed E-state index contributed by atoms with van der Waals surface area (Å²) < 4.78 is 1.91. The second kappa shape index (κ2) is 10.8. The highest BCUT2D eigenvalue weighted by Gasteiger charge is 2.37. The van der Waals surface area contributed by atoms with Gasteiger partial charge in [-0.15, -0.1) is 0 Å². The number of carboxylic acid groups (broad SMARTS) is 1. The molecule has 37 heavy (non-hydrogen) atoms. The average molecular weight is 546 g/mol. The molecule has 1 unspecified atom stereocenters. The number of hydrogen-bond acceptors (Lipinski definition) is 6. The lowest BCUT2D eigenvalue weighted by molar-refractivity contribution is -0.137. The maximum Gasteiger partial charge on any atom is 0.303 e. The van der Waals surface area contributed by atoms with E-state index in [9.17, 15) is 4.79 Å². The van der Waals surface area contributed by atoms with Gasteiger partial charge < -0.3 is 10.0 Å². The minimum Gasteiger partial charge on any atom is -0.481 e. The van der Waals surface area contributed by atoms with Gasteiger partial charge in [0, 0.05) is 41.6 Å². The molecule has 0 saturated carbocycles. The molecule has 2 aliphatic rings. The van der Waals surface area contributed by atoms with Crippen molar-refractivity contribution in [2.45, 2.75) is 71.0 Å². The van der Waals surface area contributed by atoms with Crippen LogP contribution in [0.25, 0.3) is 11.2 Å². The first kappa shape index (κ1) is 26.2. The molecule has 2 aromatic heterocycles. The van der Waals surface area contributed by atoms with Crippen LogP contribution in [0.2, 0.25) is 10.0 Å². The number of nitrogens with zero attached hydrogens (tertiary/aromatic N) is 6. The van der Waals surface area contributed by atoms with Crippen molar-refractivity contribution in [3.05, 3.63) is 45.7 Å². The number of aryl methyl sites for hydroxylation is 1. The molecule has 0 spiro atoms. The van der Waals surface area contributed by atoms with Gasteiger partial charge >= 0.3 is 5.97 Å². The van der Waals surface area contributed by atoms with Gasteiger partial charge in [-0.3, -0.25) is 9.69 Å². The van der Waals surface area contributed by atoms with Crippen molar-refractivity contribution in [3.8, 4) is 0 Å². The van der Waals surface area contributed by atoms with Gasteiger partial charge in [0.25, 0.3) is 0 Å². The zero-order valence-corrected chi connectivity index (χ0v) is 23.1. The summed E-state index contributed by atoms with van der Waals surface area (Å²) in [6, 6.07) is 6.24. The van der Waals surface area contributed by atoms with E-state index < -0.39 is 5.97 Å². The third-order valence-electron chi connectivity index (χ3n) is 8.06. The first-order valence-corrected chi connectivity index (χ1v) is 13.9. The maximum atomic E-state index is 11.1. The topological polar surface area (TPSA) is 87.4 Å². The molecular weight excluding hydrogens is 511 g/mol. The van der Waals surface area contributed by atoms with Crippen LogP contribution < -0.4 is 4.90 Å². The van der Waals surface area contributed by atoms with Gasteiger partial charge in [0.05, 0.1) is 17.9 Å².